The Balaban J connectivity index is 1.65. The van der Waals surface area contributed by atoms with Crippen LogP contribution in [-0.2, 0) is 10.0 Å². The molecule has 1 atom stereocenters. The average molecular weight is 425 g/mol. The number of nitrogens with zero attached hydrogens (tertiary/aromatic N) is 3. The molecule has 2 heterocycles. The molecule has 0 saturated carbocycles. The number of rotatable bonds is 7. The summed E-state index contributed by atoms with van der Waals surface area (Å²) < 4.78 is 27.2. The van der Waals surface area contributed by atoms with Gasteiger partial charge in [0.2, 0.25) is 10.0 Å². The van der Waals surface area contributed by atoms with Gasteiger partial charge in [0, 0.05) is 49.4 Å². The molecular weight excluding hydrogens is 400 g/mol. The van der Waals surface area contributed by atoms with E-state index in [1.165, 1.54) is 39.9 Å². The number of hydrogen-bond donors (Lipinski definition) is 2. The highest BCUT2D eigenvalue weighted by Gasteiger charge is 2.30. The monoisotopic (exact) mass is 424 g/mol. The zero-order chi connectivity index (χ0) is 20.1. The van der Waals surface area contributed by atoms with Crippen LogP contribution in [0.1, 0.15) is 23.7 Å². The van der Waals surface area contributed by atoms with Crippen molar-refractivity contribution < 1.29 is 18.3 Å². The largest absolute Gasteiger partial charge is 0.395 e. The summed E-state index contributed by atoms with van der Waals surface area (Å²) in [6.45, 7) is 4.03. The maximum absolute atomic E-state index is 12.9. The predicted octanol–water partition coefficient (Wildman–Crippen LogP) is 1.47. The third-order valence-electron chi connectivity index (χ3n) is 4.88. The van der Waals surface area contributed by atoms with Crippen molar-refractivity contribution >= 4 is 32.4 Å². The second kappa shape index (κ2) is 9.10. The van der Waals surface area contributed by atoms with Crippen molar-refractivity contribution in [3.8, 4) is 0 Å². The molecular formula is C18H24N4O4S2. The second-order valence-corrected chi connectivity index (χ2v) is 9.33. The predicted molar refractivity (Wildman–Crippen MR) is 108 cm³/mol. The number of aliphatic hydroxyl groups is 1. The molecule has 1 aliphatic heterocycles. The van der Waals surface area contributed by atoms with E-state index in [1.54, 1.807) is 11.6 Å². The van der Waals surface area contributed by atoms with Crippen molar-refractivity contribution in [1.82, 2.24) is 14.2 Å². The van der Waals surface area contributed by atoms with Crippen LogP contribution in [0.15, 0.2) is 40.7 Å². The number of amides is 1. The van der Waals surface area contributed by atoms with E-state index in [0.717, 1.165) is 6.42 Å². The quantitative estimate of drug-likeness (QED) is 0.698. The van der Waals surface area contributed by atoms with Gasteiger partial charge in [-0.3, -0.25) is 15.0 Å². The number of carbonyl (C=O) groups excluding carboxylic acids is 1. The van der Waals surface area contributed by atoms with Gasteiger partial charge < -0.3 is 5.11 Å². The molecule has 1 aliphatic rings. The van der Waals surface area contributed by atoms with Crippen LogP contribution in [0.3, 0.4) is 0 Å². The summed E-state index contributed by atoms with van der Waals surface area (Å²) in [5.41, 5.74) is 0.368. The molecule has 2 aromatic rings. The molecule has 0 aliphatic carbocycles. The van der Waals surface area contributed by atoms with Crippen LogP contribution in [0.25, 0.3) is 0 Å². The van der Waals surface area contributed by atoms with Crippen LogP contribution in [0, 0.1) is 0 Å². The molecule has 0 unspecified atom stereocenters. The Morgan fingerprint density at radius 2 is 1.93 bits per heavy atom. The van der Waals surface area contributed by atoms with Crippen molar-refractivity contribution in [2.45, 2.75) is 24.3 Å². The van der Waals surface area contributed by atoms with Crippen LogP contribution in [-0.4, -0.2) is 72.4 Å². The van der Waals surface area contributed by atoms with E-state index in [1.807, 2.05) is 6.92 Å². The van der Waals surface area contributed by atoms with Gasteiger partial charge >= 0.3 is 0 Å². The van der Waals surface area contributed by atoms with Gasteiger partial charge in [0.25, 0.3) is 5.91 Å². The Morgan fingerprint density at radius 1 is 1.25 bits per heavy atom. The van der Waals surface area contributed by atoms with Gasteiger partial charge in [-0.15, -0.1) is 11.3 Å². The minimum absolute atomic E-state index is 0.0699. The normalized spacial score (nSPS) is 17.4. The maximum Gasteiger partial charge on any atom is 0.257 e. The lowest BCUT2D eigenvalue weighted by molar-refractivity contribution is 0.0881. The highest BCUT2D eigenvalue weighted by Crippen LogP contribution is 2.20. The van der Waals surface area contributed by atoms with Crippen LogP contribution >= 0.6 is 11.3 Å². The Kier molecular flexibility index (Phi) is 6.78. The first-order chi connectivity index (χ1) is 13.5. The third-order valence-corrected chi connectivity index (χ3v) is 7.48. The average Bonchev–Trinajstić information content (AvgIpc) is 3.22. The first kappa shape index (κ1) is 20.9. The highest BCUT2D eigenvalue weighted by molar-refractivity contribution is 7.89. The molecule has 1 fully saturated rings. The zero-order valence-electron chi connectivity index (χ0n) is 15.6. The summed E-state index contributed by atoms with van der Waals surface area (Å²) in [6, 6.07) is 6.00. The van der Waals surface area contributed by atoms with Gasteiger partial charge in [-0.2, -0.15) is 4.31 Å². The molecule has 3 rings (SSSR count). The lowest BCUT2D eigenvalue weighted by atomic mass is 10.2. The molecule has 1 aromatic carbocycles. The zero-order valence-corrected chi connectivity index (χ0v) is 17.2. The summed E-state index contributed by atoms with van der Waals surface area (Å²) in [5, 5.41) is 14.3. The lowest BCUT2D eigenvalue weighted by Crippen LogP contribution is -2.52. The number of benzene rings is 1. The lowest BCUT2D eigenvalue weighted by Gasteiger charge is -2.37. The van der Waals surface area contributed by atoms with Gasteiger partial charge in [0.1, 0.15) is 0 Å². The highest BCUT2D eigenvalue weighted by atomic mass is 32.2. The fraction of sp³-hybridized carbons (Fsp3) is 0.444. The summed E-state index contributed by atoms with van der Waals surface area (Å²) in [4.78, 5) is 18.5. The Bertz CT molecular complexity index is 873. The smallest absolute Gasteiger partial charge is 0.257 e. The summed E-state index contributed by atoms with van der Waals surface area (Å²) in [7, 11) is -3.61. The van der Waals surface area contributed by atoms with Crippen molar-refractivity contribution in [3.63, 3.8) is 0 Å². The van der Waals surface area contributed by atoms with E-state index >= 15 is 0 Å². The van der Waals surface area contributed by atoms with Gasteiger partial charge in [0.15, 0.2) is 5.13 Å². The number of sulfonamides is 1. The third kappa shape index (κ3) is 4.58. The first-order valence-electron chi connectivity index (χ1n) is 9.11. The maximum atomic E-state index is 12.9. The van der Waals surface area contributed by atoms with Crippen molar-refractivity contribution in [2.24, 2.45) is 0 Å². The summed E-state index contributed by atoms with van der Waals surface area (Å²) >= 11 is 1.31. The molecule has 10 heteroatoms. The molecule has 1 amide bonds. The van der Waals surface area contributed by atoms with Crippen LogP contribution < -0.4 is 5.32 Å². The number of aliphatic hydroxyl groups excluding tert-OH is 1. The summed E-state index contributed by atoms with van der Waals surface area (Å²) in [5.74, 6) is -0.331. The van der Waals surface area contributed by atoms with Gasteiger partial charge in [0.05, 0.1) is 11.5 Å². The standard InChI is InChI=1S/C18H24N4O4S2/c1-2-15(13-23)21-8-10-22(11-9-21)28(25,26)16-5-3-14(4-6-16)17(24)20-18-19-7-12-27-18/h3-7,12,15,23H,2,8-11,13H2,1H3,(H,19,20,24)/t15-/m1/s1. The minimum atomic E-state index is -3.61. The van der Waals surface area contributed by atoms with E-state index < -0.39 is 10.0 Å². The molecule has 1 saturated heterocycles. The molecule has 0 bridgehead atoms. The minimum Gasteiger partial charge on any atom is -0.395 e. The van der Waals surface area contributed by atoms with Crippen molar-refractivity contribution in [2.75, 3.05) is 38.1 Å². The van der Waals surface area contributed by atoms with Gasteiger partial charge in [-0.1, -0.05) is 6.92 Å². The van der Waals surface area contributed by atoms with Gasteiger partial charge in [-0.25, -0.2) is 13.4 Å². The number of thiazole rings is 1. The van der Waals surface area contributed by atoms with E-state index in [2.05, 4.69) is 15.2 Å². The number of nitrogens with one attached hydrogen (secondary N) is 1. The van der Waals surface area contributed by atoms with E-state index in [9.17, 15) is 18.3 Å². The SMILES string of the molecule is CC[C@H](CO)N1CCN(S(=O)(=O)c2ccc(C(=O)Nc3nccs3)cc2)CC1. The molecule has 0 radical (unpaired) electrons. The van der Waals surface area contributed by atoms with Crippen LogP contribution in [0.2, 0.25) is 0 Å². The van der Waals surface area contributed by atoms with E-state index in [4.69, 9.17) is 0 Å². The molecule has 2 N–H and O–H groups in total. The topological polar surface area (TPSA) is 103 Å². The number of carbonyl (C=O) groups is 1. The van der Waals surface area contributed by atoms with E-state index in [-0.39, 0.29) is 23.5 Å². The number of aromatic nitrogens is 1. The Morgan fingerprint density at radius 3 is 2.46 bits per heavy atom. The van der Waals surface area contributed by atoms with Crippen molar-refractivity contribution in [1.29, 1.82) is 0 Å². The Hall–Kier alpha value is -1.85. The summed E-state index contributed by atoms with van der Waals surface area (Å²) in [6.07, 6.45) is 2.42. The molecule has 8 nitrogen and oxygen atoms in total. The number of hydrogen-bond acceptors (Lipinski definition) is 7. The molecule has 1 aromatic heterocycles. The van der Waals surface area contributed by atoms with Crippen LogP contribution in [0.5, 0.6) is 0 Å². The number of piperazine rings is 1. The van der Waals surface area contributed by atoms with Crippen LogP contribution in [0.4, 0.5) is 5.13 Å². The first-order valence-corrected chi connectivity index (χ1v) is 11.4. The fourth-order valence-corrected chi connectivity index (χ4v) is 5.14. The molecule has 152 valence electrons. The molecule has 28 heavy (non-hydrogen) atoms. The second-order valence-electron chi connectivity index (χ2n) is 6.50. The molecule has 0 spiro atoms. The Labute approximate surface area is 168 Å². The van der Waals surface area contributed by atoms with Crippen molar-refractivity contribution in [3.05, 3.63) is 41.4 Å². The fourth-order valence-electron chi connectivity index (χ4n) is 3.19. The van der Waals surface area contributed by atoms with Gasteiger partial charge in [-0.05, 0) is 30.7 Å². The van der Waals surface area contributed by atoms with E-state index in [0.29, 0.717) is 36.9 Å². The number of anilines is 1.